The number of nitrogen functional groups attached to an aromatic ring is 1. The minimum absolute atomic E-state index is 0.224. The normalized spacial score (nSPS) is 14.0. The molecule has 1 aromatic carbocycles. The van der Waals surface area contributed by atoms with E-state index in [1.165, 1.54) is 0 Å². The van der Waals surface area contributed by atoms with Crippen LogP contribution in [0.5, 0.6) is 0 Å². The Kier molecular flexibility index (Phi) is 2.81. The highest BCUT2D eigenvalue weighted by Crippen LogP contribution is 2.31. The SMILES string of the molecule is Nc1cc(C(F)(F)F)ccc1S(=O)O. The van der Waals surface area contributed by atoms with Crippen molar-refractivity contribution in [3.05, 3.63) is 23.8 Å². The molecule has 7 heteroatoms. The zero-order chi connectivity index (χ0) is 10.9. The molecule has 0 fully saturated rings. The van der Waals surface area contributed by atoms with Crippen LogP contribution < -0.4 is 5.73 Å². The van der Waals surface area contributed by atoms with Gasteiger partial charge in [-0.25, -0.2) is 4.21 Å². The Labute approximate surface area is 80.0 Å². The van der Waals surface area contributed by atoms with E-state index in [1.54, 1.807) is 0 Å². The second kappa shape index (κ2) is 3.58. The van der Waals surface area contributed by atoms with Crippen molar-refractivity contribution in [1.82, 2.24) is 0 Å². The van der Waals surface area contributed by atoms with Crippen LogP contribution in [0.1, 0.15) is 5.56 Å². The maximum absolute atomic E-state index is 12.1. The average Bonchev–Trinajstić information content (AvgIpc) is 2.01. The lowest BCUT2D eigenvalue weighted by Crippen LogP contribution is -2.07. The quantitative estimate of drug-likeness (QED) is 0.566. The molecule has 0 aliphatic heterocycles. The van der Waals surface area contributed by atoms with Crippen molar-refractivity contribution in [2.75, 3.05) is 5.73 Å². The Morgan fingerprint density at radius 1 is 1.36 bits per heavy atom. The predicted octanol–water partition coefficient (Wildman–Crippen LogP) is 1.87. The molecule has 0 spiro atoms. The molecule has 0 radical (unpaired) electrons. The van der Waals surface area contributed by atoms with Gasteiger partial charge in [-0.15, -0.1) is 0 Å². The van der Waals surface area contributed by atoms with Crippen molar-refractivity contribution in [2.45, 2.75) is 11.1 Å². The first-order valence-corrected chi connectivity index (χ1v) is 4.50. The van der Waals surface area contributed by atoms with Crippen LogP contribution in [0.2, 0.25) is 0 Å². The summed E-state index contributed by atoms with van der Waals surface area (Å²) in [5.41, 5.74) is 3.88. The molecule has 1 rings (SSSR count). The van der Waals surface area contributed by atoms with E-state index in [2.05, 4.69) is 0 Å². The van der Waals surface area contributed by atoms with E-state index in [1.807, 2.05) is 0 Å². The van der Waals surface area contributed by atoms with Crippen LogP contribution in [0.15, 0.2) is 23.1 Å². The Morgan fingerprint density at radius 3 is 2.29 bits per heavy atom. The highest BCUT2D eigenvalue weighted by Gasteiger charge is 2.31. The van der Waals surface area contributed by atoms with Crippen molar-refractivity contribution in [3.8, 4) is 0 Å². The third kappa shape index (κ3) is 2.24. The lowest BCUT2D eigenvalue weighted by atomic mass is 10.2. The van der Waals surface area contributed by atoms with E-state index in [9.17, 15) is 17.4 Å². The van der Waals surface area contributed by atoms with Crippen LogP contribution in [0.3, 0.4) is 0 Å². The second-order valence-corrected chi connectivity index (χ2v) is 3.44. The molecular weight excluding hydrogens is 219 g/mol. The number of nitrogens with two attached hydrogens (primary N) is 1. The number of benzene rings is 1. The van der Waals surface area contributed by atoms with Gasteiger partial charge in [0.1, 0.15) is 0 Å². The molecule has 3 nitrogen and oxygen atoms in total. The highest BCUT2D eigenvalue weighted by molar-refractivity contribution is 7.79. The van der Waals surface area contributed by atoms with E-state index >= 15 is 0 Å². The van der Waals surface area contributed by atoms with Crippen molar-refractivity contribution < 1.29 is 21.9 Å². The van der Waals surface area contributed by atoms with Crippen molar-refractivity contribution in [2.24, 2.45) is 0 Å². The number of halogens is 3. The van der Waals surface area contributed by atoms with Gasteiger partial charge in [0.05, 0.1) is 16.1 Å². The topological polar surface area (TPSA) is 63.3 Å². The van der Waals surface area contributed by atoms with Gasteiger partial charge in [0.2, 0.25) is 0 Å². The van der Waals surface area contributed by atoms with Crippen LogP contribution in [-0.2, 0) is 17.3 Å². The largest absolute Gasteiger partial charge is 0.416 e. The van der Waals surface area contributed by atoms with Gasteiger partial charge in [-0.1, -0.05) is 0 Å². The summed E-state index contributed by atoms with van der Waals surface area (Å²) in [6.07, 6.45) is -4.50. The van der Waals surface area contributed by atoms with Crippen LogP contribution >= 0.6 is 0 Å². The number of anilines is 1. The molecular formula is C7H6F3NO2S. The summed E-state index contributed by atoms with van der Waals surface area (Å²) in [5.74, 6) is 0. The summed E-state index contributed by atoms with van der Waals surface area (Å²) in [4.78, 5) is -0.224. The van der Waals surface area contributed by atoms with Gasteiger partial charge in [-0.3, -0.25) is 0 Å². The van der Waals surface area contributed by atoms with Gasteiger partial charge in [0.25, 0.3) is 0 Å². The van der Waals surface area contributed by atoms with Crippen molar-refractivity contribution in [3.63, 3.8) is 0 Å². The predicted molar refractivity (Wildman–Crippen MR) is 44.9 cm³/mol. The summed E-state index contributed by atoms with van der Waals surface area (Å²) < 4.78 is 55.5. The third-order valence-electron chi connectivity index (χ3n) is 1.53. The average molecular weight is 225 g/mol. The number of alkyl halides is 3. The van der Waals surface area contributed by atoms with Crippen molar-refractivity contribution in [1.29, 1.82) is 0 Å². The Balaban J connectivity index is 3.20. The molecule has 14 heavy (non-hydrogen) atoms. The fourth-order valence-corrected chi connectivity index (χ4v) is 1.33. The third-order valence-corrected chi connectivity index (χ3v) is 2.27. The first kappa shape index (κ1) is 11.0. The van der Waals surface area contributed by atoms with Crippen LogP contribution in [0, 0.1) is 0 Å². The molecule has 0 saturated heterocycles. The minimum Gasteiger partial charge on any atom is -0.398 e. The molecule has 0 saturated carbocycles. The van der Waals surface area contributed by atoms with Crippen molar-refractivity contribution >= 4 is 16.8 Å². The Bertz CT molecular complexity index is 378. The summed E-state index contributed by atoms with van der Waals surface area (Å²) in [6, 6.07) is 2.22. The first-order chi connectivity index (χ1) is 6.32. The molecule has 0 aliphatic carbocycles. The zero-order valence-electron chi connectivity index (χ0n) is 6.71. The van der Waals surface area contributed by atoms with Gasteiger partial charge in [0.15, 0.2) is 11.1 Å². The molecule has 0 aromatic heterocycles. The lowest BCUT2D eigenvalue weighted by Gasteiger charge is -2.08. The molecule has 1 aromatic rings. The van der Waals surface area contributed by atoms with Gasteiger partial charge in [-0.2, -0.15) is 13.2 Å². The summed E-state index contributed by atoms with van der Waals surface area (Å²) in [7, 11) is 0. The summed E-state index contributed by atoms with van der Waals surface area (Å²) in [5, 5.41) is 0. The van der Waals surface area contributed by atoms with E-state index in [4.69, 9.17) is 10.3 Å². The lowest BCUT2D eigenvalue weighted by molar-refractivity contribution is -0.137. The zero-order valence-corrected chi connectivity index (χ0v) is 7.52. The fourth-order valence-electron chi connectivity index (χ4n) is 0.884. The van der Waals surface area contributed by atoms with E-state index in [0.29, 0.717) is 12.1 Å². The fraction of sp³-hybridized carbons (Fsp3) is 0.143. The van der Waals surface area contributed by atoms with Gasteiger partial charge in [0, 0.05) is 0 Å². The Hall–Kier alpha value is -1.08. The minimum atomic E-state index is -4.50. The number of hydrogen-bond acceptors (Lipinski definition) is 2. The molecule has 1 atom stereocenters. The highest BCUT2D eigenvalue weighted by atomic mass is 32.2. The number of hydrogen-bond donors (Lipinski definition) is 2. The smallest absolute Gasteiger partial charge is 0.398 e. The number of rotatable bonds is 1. The van der Waals surface area contributed by atoms with Crippen LogP contribution in [-0.4, -0.2) is 8.76 Å². The summed E-state index contributed by atoms with van der Waals surface area (Å²) in [6.45, 7) is 0. The second-order valence-electron chi connectivity index (χ2n) is 2.50. The molecule has 1 unspecified atom stereocenters. The molecule has 78 valence electrons. The summed E-state index contributed by atoms with van der Waals surface area (Å²) >= 11 is -2.37. The van der Waals surface area contributed by atoms with E-state index in [0.717, 1.165) is 6.07 Å². The van der Waals surface area contributed by atoms with E-state index < -0.39 is 22.8 Å². The monoisotopic (exact) mass is 225 g/mol. The standard InChI is InChI=1S/C7H6F3NO2S/c8-7(9,10)4-1-2-6(14(12)13)5(11)3-4/h1-3H,11H2,(H,12,13). The van der Waals surface area contributed by atoms with E-state index in [-0.39, 0.29) is 10.6 Å². The first-order valence-electron chi connectivity index (χ1n) is 3.40. The van der Waals surface area contributed by atoms with Gasteiger partial charge >= 0.3 is 6.18 Å². The Morgan fingerprint density at radius 2 is 1.93 bits per heavy atom. The van der Waals surface area contributed by atoms with Crippen LogP contribution in [0.4, 0.5) is 18.9 Å². The molecule has 0 bridgehead atoms. The molecule has 3 N–H and O–H groups in total. The maximum atomic E-state index is 12.1. The van der Waals surface area contributed by atoms with Gasteiger partial charge < -0.3 is 10.3 Å². The molecule has 0 amide bonds. The molecule has 0 heterocycles. The maximum Gasteiger partial charge on any atom is 0.416 e. The molecule has 0 aliphatic rings. The van der Waals surface area contributed by atoms with Crippen LogP contribution in [0.25, 0.3) is 0 Å². The van der Waals surface area contributed by atoms with Gasteiger partial charge in [-0.05, 0) is 18.2 Å².